The minimum atomic E-state index is -1.11. The highest BCUT2D eigenvalue weighted by atomic mass is 35.5. The maximum atomic E-state index is 11.3. The van der Waals surface area contributed by atoms with E-state index in [0.29, 0.717) is 18.8 Å². The van der Waals surface area contributed by atoms with Gasteiger partial charge in [0.2, 0.25) is 0 Å². The molecule has 1 unspecified atom stereocenters. The summed E-state index contributed by atoms with van der Waals surface area (Å²) in [5, 5.41) is 18.4. The van der Waals surface area contributed by atoms with E-state index in [2.05, 4.69) is 0 Å². The third-order valence-corrected chi connectivity index (χ3v) is 3.13. The van der Waals surface area contributed by atoms with E-state index >= 15 is 0 Å². The number of carboxylic acid groups (broad SMARTS) is 1. The SMILES string of the molecule is N#CC1CN(c2c(Cl)cc(N)cc2C(=O)O)CCO1. The van der Waals surface area contributed by atoms with Crippen LogP contribution in [0.4, 0.5) is 11.4 Å². The summed E-state index contributed by atoms with van der Waals surface area (Å²) in [6, 6.07) is 4.87. The fraction of sp³-hybridized carbons (Fsp3) is 0.333. The Morgan fingerprint density at radius 1 is 1.63 bits per heavy atom. The van der Waals surface area contributed by atoms with Crippen molar-refractivity contribution < 1.29 is 14.6 Å². The fourth-order valence-corrected chi connectivity index (χ4v) is 2.38. The number of anilines is 2. The fourth-order valence-electron chi connectivity index (χ4n) is 2.03. The quantitative estimate of drug-likeness (QED) is 0.794. The van der Waals surface area contributed by atoms with Gasteiger partial charge in [-0.3, -0.25) is 0 Å². The van der Waals surface area contributed by atoms with Gasteiger partial charge >= 0.3 is 5.97 Å². The number of hydrogen-bond acceptors (Lipinski definition) is 5. The van der Waals surface area contributed by atoms with Gasteiger partial charge in [0, 0.05) is 12.2 Å². The normalized spacial score (nSPS) is 18.9. The molecule has 19 heavy (non-hydrogen) atoms. The summed E-state index contributed by atoms with van der Waals surface area (Å²) >= 11 is 6.09. The second kappa shape index (κ2) is 5.34. The van der Waals surface area contributed by atoms with E-state index in [1.165, 1.54) is 12.1 Å². The molecule has 0 bridgehead atoms. The summed E-state index contributed by atoms with van der Waals surface area (Å²) in [6.45, 7) is 1.10. The van der Waals surface area contributed by atoms with Crippen LogP contribution < -0.4 is 10.6 Å². The van der Waals surface area contributed by atoms with Gasteiger partial charge in [-0.15, -0.1) is 0 Å². The molecule has 1 aromatic rings. The van der Waals surface area contributed by atoms with E-state index in [4.69, 9.17) is 27.3 Å². The van der Waals surface area contributed by atoms with Crippen LogP contribution in [0, 0.1) is 11.3 Å². The first-order valence-electron chi connectivity index (χ1n) is 5.61. The molecule has 0 radical (unpaired) electrons. The minimum Gasteiger partial charge on any atom is -0.478 e. The van der Waals surface area contributed by atoms with Crippen molar-refractivity contribution in [2.75, 3.05) is 30.3 Å². The largest absolute Gasteiger partial charge is 0.478 e. The Balaban J connectivity index is 2.44. The lowest BCUT2D eigenvalue weighted by Gasteiger charge is -2.33. The van der Waals surface area contributed by atoms with Crippen LogP contribution in [-0.2, 0) is 4.74 Å². The summed E-state index contributed by atoms with van der Waals surface area (Å²) in [6.07, 6.45) is -0.594. The summed E-state index contributed by atoms with van der Waals surface area (Å²) < 4.78 is 5.22. The molecule has 1 atom stereocenters. The van der Waals surface area contributed by atoms with Gasteiger partial charge < -0.3 is 20.5 Å². The number of nitrogens with zero attached hydrogens (tertiary/aromatic N) is 2. The average Bonchev–Trinajstić information content (AvgIpc) is 2.37. The van der Waals surface area contributed by atoms with E-state index in [-0.39, 0.29) is 22.8 Å². The van der Waals surface area contributed by atoms with Gasteiger partial charge in [0.15, 0.2) is 6.10 Å². The number of nitrogens with two attached hydrogens (primary N) is 1. The lowest BCUT2D eigenvalue weighted by molar-refractivity contribution is 0.0688. The smallest absolute Gasteiger partial charge is 0.337 e. The molecule has 0 aliphatic carbocycles. The molecule has 7 heteroatoms. The van der Waals surface area contributed by atoms with Crippen molar-refractivity contribution >= 4 is 28.9 Å². The first-order valence-corrected chi connectivity index (χ1v) is 5.99. The van der Waals surface area contributed by atoms with Crippen molar-refractivity contribution in [3.63, 3.8) is 0 Å². The standard InChI is InChI=1S/C12H12ClN3O3/c13-10-4-7(15)3-9(12(17)18)11(10)16-1-2-19-8(5-14)6-16/h3-4,8H,1-2,6,15H2,(H,17,18). The molecule has 100 valence electrons. The highest BCUT2D eigenvalue weighted by Crippen LogP contribution is 2.33. The van der Waals surface area contributed by atoms with Gasteiger partial charge in [0.05, 0.1) is 35.5 Å². The van der Waals surface area contributed by atoms with Crippen molar-refractivity contribution in [2.24, 2.45) is 0 Å². The van der Waals surface area contributed by atoms with Crippen LogP contribution >= 0.6 is 11.6 Å². The second-order valence-corrected chi connectivity index (χ2v) is 4.55. The van der Waals surface area contributed by atoms with E-state index in [1.54, 1.807) is 4.90 Å². The first-order chi connectivity index (χ1) is 9.02. The molecule has 0 amide bonds. The zero-order chi connectivity index (χ0) is 14.0. The lowest BCUT2D eigenvalue weighted by atomic mass is 10.1. The number of morpholine rings is 1. The Kier molecular flexibility index (Phi) is 3.79. The Morgan fingerprint density at radius 3 is 3.00 bits per heavy atom. The topological polar surface area (TPSA) is 99.6 Å². The van der Waals surface area contributed by atoms with Crippen LogP contribution in [0.2, 0.25) is 5.02 Å². The lowest BCUT2D eigenvalue weighted by Crippen LogP contribution is -2.42. The van der Waals surface area contributed by atoms with Crippen LogP contribution in [-0.4, -0.2) is 36.9 Å². The zero-order valence-corrected chi connectivity index (χ0v) is 10.7. The molecular weight excluding hydrogens is 270 g/mol. The number of nitriles is 1. The van der Waals surface area contributed by atoms with Crippen LogP contribution in [0.5, 0.6) is 0 Å². The maximum Gasteiger partial charge on any atom is 0.337 e. The Bertz CT molecular complexity index is 556. The van der Waals surface area contributed by atoms with Crippen molar-refractivity contribution in [1.82, 2.24) is 0 Å². The molecule has 0 spiro atoms. The Hall–Kier alpha value is -1.97. The van der Waals surface area contributed by atoms with Gasteiger partial charge in [-0.25, -0.2) is 4.79 Å². The van der Waals surface area contributed by atoms with E-state index in [9.17, 15) is 9.90 Å². The monoisotopic (exact) mass is 281 g/mol. The molecule has 1 aromatic carbocycles. The number of benzene rings is 1. The summed E-state index contributed by atoms with van der Waals surface area (Å²) in [7, 11) is 0. The van der Waals surface area contributed by atoms with Crippen molar-refractivity contribution in [3.8, 4) is 6.07 Å². The Labute approximate surface area is 114 Å². The molecular formula is C12H12ClN3O3. The number of carbonyl (C=O) groups is 1. The number of rotatable bonds is 2. The third kappa shape index (κ3) is 2.72. The maximum absolute atomic E-state index is 11.3. The first kappa shape index (κ1) is 13.5. The van der Waals surface area contributed by atoms with E-state index in [0.717, 1.165) is 0 Å². The van der Waals surface area contributed by atoms with Crippen molar-refractivity contribution in [3.05, 3.63) is 22.7 Å². The molecule has 0 saturated carbocycles. The Morgan fingerprint density at radius 2 is 2.37 bits per heavy atom. The predicted molar refractivity (Wildman–Crippen MR) is 70.4 cm³/mol. The minimum absolute atomic E-state index is 0.0311. The number of halogens is 1. The number of nitrogen functional groups attached to an aromatic ring is 1. The number of ether oxygens (including phenoxy) is 1. The molecule has 1 saturated heterocycles. The van der Waals surface area contributed by atoms with E-state index in [1.807, 2.05) is 6.07 Å². The average molecular weight is 282 g/mol. The van der Waals surface area contributed by atoms with Crippen molar-refractivity contribution in [2.45, 2.75) is 6.10 Å². The summed E-state index contributed by atoms with van der Waals surface area (Å²) in [4.78, 5) is 13.0. The summed E-state index contributed by atoms with van der Waals surface area (Å²) in [5.41, 5.74) is 6.31. The number of carboxylic acids is 1. The van der Waals surface area contributed by atoms with Gasteiger partial charge in [0.1, 0.15) is 0 Å². The molecule has 0 aromatic heterocycles. The third-order valence-electron chi connectivity index (χ3n) is 2.84. The molecule has 3 N–H and O–H groups in total. The van der Waals surface area contributed by atoms with Gasteiger partial charge in [-0.2, -0.15) is 5.26 Å². The number of aromatic carboxylic acids is 1. The van der Waals surface area contributed by atoms with Gasteiger partial charge in [-0.05, 0) is 12.1 Å². The number of hydrogen-bond donors (Lipinski definition) is 2. The van der Waals surface area contributed by atoms with Crippen molar-refractivity contribution in [1.29, 1.82) is 5.26 Å². The van der Waals surface area contributed by atoms with Crippen LogP contribution in [0.25, 0.3) is 0 Å². The van der Waals surface area contributed by atoms with Crippen LogP contribution in [0.3, 0.4) is 0 Å². The highest BCUT2D eigenvalue weighted by molar-refractivity contribution is 6.34. The van der Waals surface area contributed by atoms with Gasteiger partial charge in [-0.1, -0.05) is 11.6 Å². The molecule has 2 rings (SSSR count). The zero-order valence-electron chi connectivity index (χ0n) is 9.97. The van der Waals surface area contributed by atoms with Gasteiger partial charge in [0.25, 0.3) is 0 Å². The molecule has 1 aliphatic rings. The summed E-state index contributed by atoms with van der Waals surface area (Å²) in [5.74, 6) is -1.11. The second-order valence-electron chi connectivity index (χ2n) is 4.14. The molecule has 1 aliphatic heterocycles. The highest BCUT2D eigenvalue weighted by Gasteiger charge is 2.26. The molecule has 6 nitrogen and oxygen atoms in total. The van der Waals surface area contributed by atoms with Crippen LogP contribution in [0.1, 0.15) is 10.4 Å². The van der Waals surface area contributed by atoms with Crippen LogP contribution in [0.15, 0.2) is 12.1 Å². The van der Waals surface area contributed by atoms with E-state index < -0.39 is 12.1 Å². The molecule has 1 fully saturated rings. The predicted octanol–water partition coefficient (Wildman–Crippen LogP) is 1.35. The molecule has 1 heterocycles.